The summed E-state index contributed by atoms with van der Waals surface area (Å²) in [6.45, 7) is 7.57. The van der Waals surface area contributed by atoms with Gasteiger partial charge in [0.25, 0.3) is 0 Å². The second-order valence-corrected chi connectivity index (χ2v) is 8.56. The third-order valence-electron chi connectivity index (χ3n) is 3.74. The quantitative estimate of drug-likeness (QED) is 0.231. The highest BCUT2D eigenvalue weighted by Crippen LogP contribution is 2.36. The highest BCUT2D eigenvalue weighted by atomic mass is 35.5. The van der Waals surface area contributed by atoms with E-state index in [4.69, 9.17) is 16.3 Å². The molecule has 0 saturated carbocycles. The van der Waals surface area contributed by atoms with Crippen LogP contribution in [-0.2, 0) is 10.5 Å². The minimum absolute atomic E-state index is 0.172. The van der Waals surface area contributed by atoms with Crippen LogP contribution in [0.5, 0.6) is 0 Å². The largest absolute Gasteiger partial charge is 0.459 e. The average molecular weight is 407 g/mol. The van der Waals surface area contributed by atoms with Gasteiger partial charge in [-0.05, 0) is 38.8 Å². The lowest BCUT2D eigenvalue weighted by Crippen LogP contribution is -2.11. The molecule has 0 aliphatic heterocycles. The number of hydrogen-bond acceptors (Lipinski definition) is 6. The summed E-state index contributed by atoms with van der Waals surface area (Å²) in [6, 6.07) is 8.36. The van der Waals surface area contributed by atoms with Crippen LogP contribution in [-0.4, -0.2) is 22.0 Å². The second kappa shape index (κ2) is 7.94. The Bertz CT molecular complexity index is 952. The average Bonchev–Trinajstić information content (AvgIpc) is 2.91. The monoisotopic (exact) mass is 406 g/mol. The zero-order chi connectivity index (χ0) is 18.8. The van der Waals surface area contributed by atoms with Crippen LogP contribution in [0, 0.1) is 13.8 Å². The van der Waals surface area contributed by atoms with Gasteiger partial charge in [0.2, 0.25) is 0 Å². The molecule has 0 fully saturated rings. The minimum Gasteiger partial charge on any atom is -0.459 e. The molecule has 136 valence electrons. The van der Waals surface area contributed by atoms with E-state index in [0.29, 0.717) is 20.0 Å². The predicted octanol–water partition coefficient (Wildman–Crippen LogP) is 5.82. The number of nitrogens with zero attached hydrogens (tertiary/aromatic N) is 2. The van der Waals surface area contributed by atoms with Gasteiger partial charge in [-0.15, -0.1) is 11.3 Å². The van der Waals surface area contributed by atoms with E-state index in [1.165, 1.54) is 34.2 Å². The summed E-state index contributed by atoms with van der Waals surface area (Å²) >= 11 is 9.21. The van der Waals surface area contributed by atoms with Crippen molar-refractivity contribution in [1.29, 1.82) is 0 Å². The number of benzene rings is 1. The molecule has 1 aromatic carbocycles. The molecule has 2 heterocycles. The van der Waals surface area contributed by atoms with Crippen LogP contribution in [0.15, 0.2) is 29.4 Å². The molecule has 7 heteroatoms. The van der Waals surface area contributed by atoms with E-state index in [0.717, 1.165) is 16.7 Å². The summed E-state index contributed by atoms with van der Waals surface area (Å²) < 4.78 is 5.31. The zero-order valence-corrected chi connectivity index (χ0v) is 17.4. The number of thiophene rings is 1. The van der Waals surface area contributed by atoms with E-state index < -0.39 is 0 Å². The molecular weight excluding hydrogens is 388 g/mol. The molecule has 0 radical (unpaired) electrons. The molecule has 0 amide bonds. The molecule has 0 aliphatic rings. The van der Waals surface area contributed by atoms with E-state index in [2.05, 4.69) is 41.2 Å². The molecule has 0 N–H and O–H groups in total. The van der Waals surface area contributed by atoms with Gasteiger partial charge in [0, 0.05) is 5.75 Å². The Kier molecular flexibility index (Phi) is 5.85. The number of halogens is 1. The van der Waals surface area contributed by atoms with Crippen molar-refractivity contribution >= 4 is 50.9 Å². The molecule has 0 unspecified atom stereocenters. The fourth-order valence-electron chi connectivity index (χ4n) is 2.43. The van der Waals surface area contributed by atoms with Crippen molar-refractivity contribution in [2.24, 2.45) is 0 Å². The summed E-state index contributed by atoms with van der Waals surface area (Å²) in [7, 11) is 0. The van der Waals surface area contributed by atoms with Crippen molar-refractivity contribution in [2.45, 2.75) is 44.7 Å². The van der Waals surface area contributed by atoms with Gasteiger partial charge in [0.15, 0.2) is 5.16 Å². The topological polar surface area (TPSA) is 52.1 Å². The summed E-state index contributed by atoms with van der Waals surface area (Å²) in [5.41, 5.74) is 3.20. The number of ether oxygens (including phenoxy) is 1. The fourth-order valence-corrected chi connectivity index (χ4v) is 4.77. The number of aromatic nitrogens is 2. The van der Waals surface area contributed by atoms with E-state index >= 15 is 0 Å². The number of esters is 1. The van der Waals surface area contributed by atoms with Crippen LogP contribution in [0.2, 0.25) is 5.15 Å². The van der Waals surface area contributed by atoms with E-state index in [9.17, 15) is 4.79 Å². The van der Waals surface area contributed by atoms with Crippen molar-refractivity contribution < 1.29 is 9.53 Å². The minimum atomic E-state index is -0.342. The van der Waals surface area contributed by atoms with E-state index in [1.807, 2.05) is 20.8 Å². The number of carbonyl (C=O) groups excluding carboxylic acids is 1. The molecule has 3 aromatic rings. The first-order chi connectivity index (χ1) is 12.3. The van der Waals surface area contributed by atoms with Gasteiger partial charge in [-0.2, -0.15) is 0 Å². The van der Waals surface area contributed by atoms with Crippen LogP contribution in [0.1, 0.15) is 40.2 Å². The van der Waals surface area contributed by atoms with Gasteiger partial charge in [-0.3, -0.25) is 0 Å². The van der Waals surface area contributed by atoms with Gasteiger partial charge < -0.3 is 4.74 Å². The van der Waals surface area contributed by atoms with Crippen LogP contribution in [0.3, 0.4) is 0 Å². The Labute approximate surface area is 166 Å². The van der Waals surface area contributed by atoms with Crippen molar-refractivity contribution in [1.82, 2.24) is 9.97 Å². The molecule has 0 spiro atoms. The Morgan fingerprint density at radius 1 is 1.23 bits per heavy atom. The maximum atomic E-state index is 12.3. The van der Waals surface area contributed by atoms with E-state index in [1.54, 1.807) is 0 Å². The molecule has 2 aromatic heterocycles. The lowest BCUT2D eigenvalue weighted by molar-refractivity contribution is 0.0383. The predicted molar refractivity (Wildman–Crippen MR) is 108 cm³/mol. The van der Waals surface area contributed by atoms with Gasteiger partial charge in [0.1, 0.15) is 14.9 Å². The Hall–Kier alpha value is -1.63. The molecule has 26 heavy (non-hydrogen) atoms. The smallest absolute Gasteiger partial charge is 0.348 e. The first-order valence-electron chi connectivity index (χ1n) is 8.21. The number of hydrogen-bond donors (Lipinski definition) is 0. The first kappa shape index (κ1) is 19.1. The van der Waals surface area contributed by atoms with E-state index in [-0.39, 0.29) is 12.1 Å². The highest BCUT2D eigenvalue weighted by Gasteiger charge is 2.21. The molecule has 0 saturated heterocycles. The molecule has 0 atom stereocenters. The lowest BCUT2D eigenvalue weighted by Gasteiger charge is -2.06. The summed E-state index contributed by atoms with van der Waals surface area (Å²) in [5, 5.41) is 1.71. The first-order valence-corrected chi connectivity index (χ1v) is 10.4. The molecular formula is C19H19ClN2O2S2. The standard InChI is InChI=1S/C19H19ClN2O2S2/c1-10(2)24-18(23)15-12(4)14-16(20)21-19(22-17(14)26-15)25-9-13-7-5-11(3)6-8-13/h5-8,10H,9H2,1-4H3. The summed E-state index contributed by atoms with van der Waals surface area (Å²) in [5.74, 6) is 0.416. The highest BCUT2D eigenvalue weighted by molar-refractivity contribution is 7.98. The van der Waals surface area contributed by atoms with Crippen molar-refractivity contribution in [2.75, 3.05) is 0 Å². The molecule has 3 rings (SSSR count). The second-order valence-electron chi connectivity index (χ2n) is 6.26. The molecule has 4 nitrogen and oxygen atoms in total. The molecule has 0 aliphatic carbocycles. The number of fused-ring (bicyclic) bond motifs is 1. The number of thioether (sulfide) groups is 1. The third kappa shape index (κ3) is 4.19. The van der Waals surface area contributed by atoms with Gasteiger partial charge in [-0.25, -0.2) is 14.8 Å². The summed E-state index contributed by atoms with van der Waals surface area (Å²) in [6.07, 6.45) is -0.172. The fraction of sp³-hybridized carbons (Fsp3) is 0.316. The lowest BCUT2D eigenvalue weighted by atomic mass is 10.2. The normalized spacial score (nSPS) is 11.3. The Balaban J connectivity index is 1.87. The van der Waals surface area contributed by atoms with Crippen LogP contribution < -0.4 is 0 Å². The summed E-state index contributed by atoms with van der Waals surface area (Å²) in [4.78, 5) is 22.5. The van der Waals surface area contributed by atoms with Crippen molar-refractivity contribution in [3.8, 4) is 0 Å². The third-order valence-corrected chi connectivity index (χ3v) is 6.10. The SMILES string of the molecule is Cc1ccc(CSc2nc(Cl)c3c(C)c(C(=O)OC(C)C)sc3n2)cc1. The molecule has 0 bridgehead atoms. The van der Waals surface area contributed by atoms with Crippen LogP contribution >= 0.6 is 34.7 Å². The zero-order valence-electron chi connectivity index (χ0n) is 15.0. The van der Waals surface area contributed by atoms with Gasteiger partial charge in [0.05, 0.1) is 11.5 Å². The number of aryl methyl sites for hydroxylation is 2. The maximum Gasteiger partial charge on any atom is 0.348 e. The Morgan fingerprint density at radius 2 is 1.92 bits per heavy atom. The van der Waals surface area contributed by atoms with Gasteiger partial charge >= 0.3 is 5.97 Å². The van der Waals surface area contributed by atoms with Crippen LogP contribution in [0.25, 0.3) is 10.2 Å². The van der Waals surface area contributed by atoms with Crippen LogP contribution in [0.4, 0.5) is 0 Å². The maximum absolute atomic E-state index is 12.3. The van der Waals surface area contributed by atoms with Crippen molar-refractivity contribution in [3.05, 3.63) is 51.0 Å². The number of rotatable bonds is 5. The van der Waals surface area contributed by atoms with Gasteiger partial charge in [-0.1, -0.05) is 53.2 Å². The van der Waals surface area contributed by atoms with Crippen molar-refractivity contribution in [3.63, 3.8) is 0 Å². The number of carbonyl (C=O) groups is 1. The Morgan fingerprint density at radius 3 is 2.58 bits per heavy atom.